The van der Waals surface area contributed by atoms with Crippen LogP contribution in [0, 0.1) is 6.92 Å². The molecule has 0 fully saturated rings. The fourth-order valence-corrected chi connectivity index (χ4v) is 3.01. The van der Waals surface area contributed by atoms with Gasteiger partial charge in [0.15, 0.2) is 0 Å². The summed E-state index contributed by atoms with van der Waals surface area (Å²) in [6.45, 7) is 3.80. The van der Waals surface area contributed by atoms with Gasteiger partial charge in [-0.05, 0) is 61.9 Å². The molecule has 1 N–H and O–H groups in total. The van der Waals surface area contributed by atoms with Crippen LogP contribution < -0.4 is 10.1 Å². The van der Waals surface area contributed by atoms with E-state index in [1.165, 1.54) is 11.8 Å². The summed E-state index contributed by atoms with van der Waals surface area (Å²) in [5.41, 5.74) is 1.74. The Morgan fingerprint density at radius 3 is 2.50 bits per heavy atom. The lowest BCUT2D eigenvalue weighted by atomic mass is 10.2. The van der Waals surface area contributed by atoms with Gasteiger partial charge in [-0.15, -0.1) is 11.8 Å². The van der Waals surface area contributed by atoms with Crippen molar-refractivity contribution in [1.29, 1.82) is 0 Å². The number of amides is 1. The molecule has 2 rings (SSSR count). The van der Waals surface area contributed by atoms with Gasteiger partial charge in [-0.3, -0.25) is 4.79 Å². The van der Waals surface area contributed by atoms with Crippen LogP contribution in [0.25, 0.3) is 0 Å². The minimum absolute atomic E-state index is 0.0359. The number of nitrogens with one attached hydrogen (secondary N) is 1. The average molecular weight is 336 g/mol. The molecule has 0 aromatic heterocycles. The van der Waals surface area contributed by atoms with Crippen molar-refractivity contribution < 1.29 is 9.53 Å². The van der Waals surface area contributed by atoms with Gasteiger partial charge in [0.2, 0.25) is 5.91 Å². The summed E-state index contributed by atoms with van der Waals surface area (Å²) in [6, 6.07) is 13.1. The first kappa shape index (κ1) is 16.7. The monoisotopic (exact) mass is 335 g/mol. The van der Waals surface area contributed by atoms with E-state index in [1.54, 1.807) is 13.2 Å². The second kappa shape index (κ2) is 7.56. The zero-order chi connectivity index (χ0) is 16.1. The number of ether oxygens (including phenoxy) is 1. The minimum Gasteiger partial charge on any atom is -0.497 e. The van der Waals surface area contributed by atoms with Crippen molar-refractivity contribution in [3.63, 3.8) is 0 Å². The number of thioether (sulfide) groups is 1. The molecule has 0 aliphatic carbocycles. The van der Waals surface area contributed by atoms with E-state index in [-0.39, 0.29) is 11.2 Å². The number of benzene rings is 2. The van der Waals surface area contributed by atoms with Gasteiger partial charge in [0, 0.05) is 15.6 Å². The number of halogens is 1. The zero-order valence-corrected chi connectivity index (χ0v) is 14.3. The van der Waals surface area contributed by atoms with Crippen molar-refractivity contribution in [3.8, 4) is 5.75 Å². The lowest BCUT2D eigenvalue weighted by Crippen LogP contribution is -2.22. The molecule has 0 saturated heterocycles. The summed E-state index contributed by atoms with van der Waals surface area (Å²) in [5, 5.41) is 3.39. The van der Waals surface area contributed by atoms with Gasteiger partial charge in [-0.1, -0.05) is 11.6 Å². The van der Waals surface area contributed by atoms with E-state index in [1.807, 2.05) is 50.2 Å². The molecule has 0 aliphatic heterocycles. The summed E-state index contributed by atoms with van der Waals surface area (Å²) in [6.07, 6.45) is 0. The number of hydrogen-bond acceptors (Lipinski definition) is 3. The van der Waals surface area contributed by atoms with E-state index in [9.17, 15) is 4.79 Å². The first-order chi connectivity index (χ1) is 10.5. The third-order valence-corrected chi connectivity index (χ3v) is 4.53. The number of rotatable bonds is 5. The van der Waals surface area contributed by atoms with Crippen LogP contribution >= 0.6 is 23.4 Å². The molecule has 1 atom stereocenters. The lowest BCUT2D eigenvalue weighted by Gasteiger charge is -2.14. The summed E-state index contributed by atoms with van der Waals surface area (Å²) in [7, 11) is 1.63. The molecule has 0 radical (unpaired) electrons. The Labute approximate surface area is 140 Å². The van der Waals surface area contributed by atoms with Crippen molar-refractivity contribution in [1.82, 2.24) is 0 Å². The van der Waals surface area contributed by atoms with Gasteiger partial charge < -0.3 is 10.1 Å². The molecule has 0 bridgehead atoms. The molecule has 22 heavy (non-hydrogen) atoms. The van der Waals surface area contributed by atoms with Gasteiger partial charge in [-0.2, -0.15) is 0 Å². The fourth-order valence-electron chi connectivity index (χ4n) is 1.91. The first-order valence-electron chi connectivity index (χ1n) is 6.87. The SMILES string of the molecule is COc1ccc(SC(C)C(=O)Nc2ccc(Cl)cc2C)cc1. The quantitative estimate of drug-likeness (QED) is 0.799. The number of methoxy groups -OCH3 is 1. The average Bonchev–Trinajstić information content (AvgIpc) is 2.50. The van der Waals surface area contributed by atoms with Gasteiger partial charge in [0.05, 0.1) is 12.4 Å². The zero-order valence-electron chi connectivity index (χ0n) is 12.7. The van der Waals surface area contributed by atoms with Crippen LogP contribution in [0.2, 0.25) is 5.02 Å². The largest absolute Gasteiger partial charge is 0.497 e. The molecule has 0 aliphatic rings. The number of carbonyl (C=O) groups excluding carboxylic acids is 1. The molecular weight excluding hydrogens is 318 g/mol. The molecule has 5 heteroatoms. The molecule has 0 spiro atoms. The highest BCUT2D eigenvalue weighted by Gasteiger charge is 2.15. The van der Waals surface area contributed by atoms with Crippen molar-refractivity contribution in [2.75, 3.05) is 12.4 Å². The van der Waals surface area contributed by atoms with Crippen molar-refractivity contribution in [2.24, 2.45) is 0 Å². The highest BCUT2D eigenvalue weighted by molar-refractivity contribution is 8.00. The topological polar surface area (TPSA) is 38.3 Å². The van der Waals surface area contributed by atoms with Gasteiger partial charge in [-0.25, -0.2) is 0 Å². The number of aryl methyl sites for hydroxylation is 1. The van der Waals surface area contributed by atoms with Crippen LogP contribution in [0.15, 0.2) is 47.4 Å². The van der Waals surface area contributed by atoms with E-state index in [4.69, 9.17) is 16.3 Å². The third-order valence-electron chi connectivity index (χ3n) is 3.19. The van der Waals surface area contributed by atoms with E-state index < -0.39 is 0 Å². The minimum atomic E-state index is -0.205. The normalized spacial score (nSPS) is 11.8. The maximum Gasteiger partial charge on any atom is 0.237 e. The Kier molecular flexibility index (Phi) is 5.75. The van der Waals surface area contributed by atoms with Gasteiger partial charge >= 0.3 is 0 Å². The maximum absolute atomic E-state index is 12.3. The van der Waals surface area contributed by atoms with Gasteiger partial charge in [0.1, 0.15) is 5.75 Å². The van der Waals surface area contributed by atoms with Crippen LogP contribution in [0.5, 0.6) is 5.75 Å². The summed E-state index contributed by atoms with van der Waals surface area (Å²) in [5.74, 6) is 0.768. The molecule has 3 nitrogen and oxygen atoms in total. The Hall–Kier alpha value is -1.65. The van der Waals surface area contributed by atoms with Gasteiger partial charge in [0.25, 0.3) is 0 Å². The Morgan fingerprint density at radius 2 is 1.91 bits per heavy atom. The molecule has 2 aromatic rings. The van der Waals surface area contributed by atoms with Crippen molar-refractivity contribution in [3.05, 3.63) is 53.1 Å². The molecule has 1 unspecified atom stereocenters. The smallest absolute Gasteiger partial charge is 0.237 e. The molecule has 0 saturated carbocycles. The van der Waals surface area contributed by atoms with Crippen LogP contribution in [-0.4, -0.2) is 18.3 Å². The van der Waals surface area contributed by atoms with Crippen LogP contribution in [0.1, 0.15) is 12.5 Å². The molecular formula is C17H18ClNO2S. The highest BCUT2D eigenvalue weighted by atomic mass is 35.5. The fraction of sp³-hybridized carbons (Fsp3) is 0.235. The predicted molar refractivity (Wildman–Crippen MR) is 93.1 cm³/mol. The Morgan fingerprint density at radius 1 is 1.23 bits per heavy atom. The molecule has 1 amide bonds. The standard InChI is InChI=1S/C17H18ClNO2S/c1-11-10-13(18)4-9-16(11)19-17(20)12(2)22-15-7-5-14(21-3)6-8-15/h4-10,12H,1-3H3,(H,19,20). The Balaban J connectivity index is 1.99. The second-order valence-electron chi connectivity index (χ2n) is 4.88. The number of carbonyl (C=O) groups is 1. The number of anilines is 1. The molecule has 0 heterocycles. The maximum atomic E-state index is 12.3. The van der Waals surface area contributed by atoms with Crippen molar-refractivity contribution in [2.45, 2.75) is 24.0 Å². The lowest BCUT2D eigenvalue weighted by molar-refractivity contribution is -0.115. The van der Waals surface area contributed by atoms with E-state index in [0.717, 1.165) is 21.9 Å². The van der Waals surface area contributed by atoms with Crippen LogP contribution in [0.4, 0.5) is 5.69 Å². The van der Waals surface area contributed by atoms with E-state index in [2.05, 4.69) is 5.32 Å². The van der Waals surface area contributed by atoms with Crippen LogP contribution in [0.3, 0.4) is 0 Å². The highest BCUT2D eigenvalue weighted by Crippen LogP contribution is 2.27. The molecule has 116 valence electrons. The third kappa shape index (κ3) is 4.42. The van der Waals surface area contributed by atoms with E-state index in [0.29, 0.717) is 5.02 Å². The summed E-state index contributed by atoms with van der Waals surface area (Å²) >= 11 is 7.43. The first-order valence-corrected chi connectivity index (χ1v) is 8.13. The second-order valence-corrected chi connectivity index (χ2v) is 6.73. The summed E-state index contributed by atoms with van der Waals surface area (Å²) in [4.78, 5) is 13.3. The Bertz CT molecular complexity index is 658. The van der Waals surface area contributed by atoms with Crippen molar-refractivity contribution >= 4 is 35.0 Å². The predicted octanol–water partition coefficient (Wildman–Crippen LogP) is 4.78. The summed E-state index contributed by atoms with van der Waals surface area (Å²) < 4.78 is 5.12. The number of hydrogen-bond donors (Lipinski definition) is 1. The molecule has 2 aromatic carbocycles. The van der Waals surface area contributed by atoms with E-state index >= 15 is 0 Å². The van der Waals surface area contributed by atoms with Crippen LogP contribution in [-0.2, 0) is 4.79 Å².